The van der Waals surface area contributed by atoms with Crippen molar-refractivity contribution < 1.29 is 4.74 Å². The fraction of sp³-hybridized carbons (Fsp3) is 0.294. The highest BCUT2D eigenvalue weighted by Gasteiger charge is 2.18. The van der Waals surface area contributed by atoms with E-state index in [0.717, 1.165) is 12.1 Å². The van der Waals surface area contributed by atoms with Gasteiger partial charge in [-0.1, -0.05) is 42.8 Å². The van der Waals surface area contributed by atoms with Gasteiger partial charge in [0.25, 0.3) is 0 Å². The molecular formula is C17H19ClINO. The number of nitrogens with one attached hydrogen (secondary N) is 1. The van der Waals surface area contributed by atoms with E-state index in [4.69, 9.17) is 16.3 Å². The van der Waals surface area contributed by atoms with Gasteiger partial charge in [0.05, 0.1) is 18.2 Å². The van der Waals surface area contributed by atoms with Gasteiger partial charge in [-0.15, -0.1) is 0 Å². The zero-order valence-corrected chi connectivity index (χ0v) is 15.3. The lowest BCUT2D eigenvalue weighted by Gasteiger charge is -2.22. The van der Waals surface area contributed by atoms with Gasteiger partial charge in [0.2, 0.25) is 0 Å². The Morgan fingerprint density at radius 2 is 2.05 bits per heavy atom. The number of hydrogen-bond donors (Lipinski definition) is 1. The Kier molecular flexibility index (Phi) is 5.90. The van der Waals surface area contributed by atoms with Crippen LogP contribution in [0.5, 0.6) is 5.75 Å². The van der Waals surface area contributed by atoms with Crippen LogP contribution in [-0.4, -0.2) is 13.7 Å². The molecule has 0 saturated heterocycles. The van der Waals surface area contributed by atoms with Crippen LogP contribution in [-0.2, 0) is 0 Å². The third-order valence-corrected chi connectivity index (χ3v) is 5.24. The molecule has 0 aliphatic heterocycles. The molecule has 0 bridgehead atoms. The SMILES string of the molecule is CCNC(c1ccc(Cl)c(OC)c1)c1cccc(C)c1I. The number of aryl methyl sites for hydroxylation is 1. The second-order valence-electron chi connectivity index (χ2n) is 4.86. The zero-order valence-electron chi connectivity index (χ0n) is 12.4. The van der Waals surface area contributed by atoms with E-state index in [1.165, 1.54) is 14.7 Å². The largest absolute Gasteiger partial charge is 0.495 e. The highest BCUT2D eigenvalue weighted by Crippen LogP contribution is 2.32. The molecule has 0 radical (unpaired) electrons. The topological polar surface area (TPSA) is 21.3 Å². The van der Waals surface area contributed by atoms with Gasteiger partial charge in [0.1, 0.15) is 5.75 Å². The fourth-order valence-electron chi connectivity index (χ4n) is 2.36. The highest BCUT2D eigenvalue weighted by molar-refractivity contribution is 14.1. The minimum Gasteiger partial charge on any atom is -0.495 e. The quantitative estimate of drug-likeness (QED) is 0.697. The molecule has 2 nitrogen and oxygen atoms in total. The zero-order chi connectivity index (χ0) is 15.4. The first-order valence-electron chi connectivity index (χ1n) is 6.90. The van der Waals surface area contributed by atoms with E-state index < -0.39 is 0 Å². The minimum absolute atomic E-state index is 0.132. The molecule has 1 atom stereocenters. The molecule has 4 heteroatoms. The molecule has 112 valence electrons. The Balaban J connectivity index is 2.50. The molecule has 1 unspecified atom stereocenters. The lowest BCUT2D eigenvalue weighted by molar-refractivity contribution is 0.414. The highest BCUT2D eigenvalue weighted by atomic mass is 127. The molecule has 0 aliphatic carbocycles. The smallest absolute Gasteiger partial charge is 0.137 e. The summed E-state index contributed by atoms with van der Waals surface area (Å²) in [5.41, 5.74) is 3.72. The maximum atomic E-state index is 6.13. The van der Waals surface area contributed by atoms with Gasteiger partial charge in [0.15, 0.2) is 0 Å². The molecule has 2 rings (SSSR count). The van der Waals surface area contributed by atoms with Gasteiger partial charge in [0, 0.05) is 3.57 Å². The van der Waals surface area contributed by atoms with Gasteiger partial charge < -0.3 is 10.1 Å². The van der Waals surface area contributed by atoms with E-state index in [1.54, 1.807) is 7.11 Å². The van der Waals surface area contributed by atoms with Crippen LogP contribution in [0.15, 0.2) is 36.4 Å². The Hall–Kier alpha value is -0.780. The van der Waals surface area contributed by atoms with Crippen molar-refractivity contribution in [3.8, 4) is 5.75 Å². The molecule has 0 spiro atoms. The molecule has 2 aromatic carbocycles. The van der Waals surface area contributed by atoms with Crippen molar-refractivity contribution in [2.45, 2.75) is 19.9 Å². The van der Waals surface area contributed by atoms with Gasteiger partial charge in [-0.2, -0.15) is 0 Å². The standard InChI is InChI=1S/C17H19ClINO/c1-4-20-17(13-7-5-6-11(2)16(13)19)12-8-9-14(18)15(10-12)21-3/h5-10,17,20H,4H2,1-3H3. The molecule has 2 aromatic rings. The van der Waals surface area contributed by atoms with Crippen molar-refractivity contribution in [3.05, 3.63) is 61.7 Å². The number of methoxy groups -OCH3 is 1. The van der Waals surface area contributed by atoms with E-state index in [-0.39, 0.29) is 6.04 Å². The summed E-state index contributed by atoms with van der Waals surface area (Å²) in [5, 5.41) is 4.19. The monoisotopic (exact) mass is 415 g/mol. The Morgan fingerprint density at radius 1 is 1.29 bits per heavy atom. The van der Waals surface area contributed by atoms with Crippen molar-refractivity contribution in [1.82, 2.24) is 5.32 Å². The van der Waals surface area contributed by atoms with Crippen LogP contribution in [0.4, 0.5) is 0 Å². The van der Waals surface area contributed by atoms with Crippen molar-refractivity contribution in [1.29, 1.82) is 0 Å². The predicted molar refractivity (Wildman–Crippen MR) is 97.4 cm³/mol. The third-order valence-electron chi connectivity index (χ3n) is 3.45. The Labute approximate surface area is 145 Å². The Bertz CT molecular complexity index is 630. The Morgan fingerprint density at radius 3 is 2.71 bits per heavy atom. The van der Waals surface area contributed by atoms with Crippen molar-refractivity contribution in [2.24, 2.45) is 0 Å². The number of ether oxygens (including phenoxy) is 1. The lowest BCUT2D eigenvalue weighted by atomic mass is 9.97. The average molecular weight is 416 g/mol. The molecular weight excluding hydrogens is 397 g/mol. The van der Waals surface area contributed by atoms with Crippen LogP contribution in [0.1, 0.15) is 29.7 Å². The minimum atomic E-state index is 0.132. The first-order chi connectivity index (χ1) is 10.1. The van der Waals surface area contributed by atoms with Gasteiger partial charge >= 0.3 is 0 Å². The number of halogens is 2. The molecule has 0 heterocycles. The van der Waals surface area contributed by atoms with Crippen LogP contribution in [0.25, 0.3) is 0 Å². The van der Waals surface area contributed by atoms with Crippen LogP contribution in [0, 0.1) is 10.5 Å². The summed E-state index contributed by atoms with van der Waals surface area (Å²) in [4.78, 5) is 0. The molecule has 0 aliphatic rings. The number of hydrogen-bond acceptors (Lipinski definition) is 2. The predicted octanol–water partition coefficient (Wildman–Crippen LogP) is 4.96. The second kappa shape index (κ2) is 7.47. The molecule has 21 heavy (non-hydrogen) atoms. The summed E-state index contributed by atoms with van der Waals surface area (Å²) < 4.78 is 6.63. The summed E-state index contributed by atoms with van der Waals surface area (Å²) in [5.74, 6) is 0.708. The van der Waals surface area contributed by atoms with Crippen LogP contribution in [0.2, 0.25) is 5.02 Å². The van der Waals surface area contributed by atoms with Gasteiger partial charge in [-0.05, 0) is 64.9 Å². The maximum absolute atomic E-state index is 6.13. The maximum Gasteiger partial charge on any atom is 0.137 e. The summed E-state index contributed by atoms with van der Waals surface area (Å²) in [7, 11) is 1.64. The van der Waals surface area contributed by atoms with Crippen LogP contribution >= 0.6 is 34.2 Å². The lowest BCUT2D eigenvalue weighted by Crippen LogP contribution is -2.23. The normalized spacial score (nSPS) is 12.2. The second-order valence-corrected chi connectivity index (χ2v) is 6.35. The first-order valence-corrected chi connectivity index (χ1v) is 8.36. The van der Waals surface area contributed by atoms with E-state index in [9.17, 15) is 0 Å². The van der Waals surface area contributed by atoms with Crippen molar-refractivity contribution >= 4 is 34.2 Å². The number of rotatable bonds is 5. The average Bonchev–Trinajstić information content (AvgIpc) is 2.49. The fourth-order valence-corrected chi connectivity index (χ4v) is 3.23. The third kappa shape index (κ3) is 3.71. The van der Waals surface area contributed by atoms with Crippen LogP contribution < -0.4 is 10.1 Å². The molecule has 1 N–H and O–H groups in total. The summed E-state index contributed by atoms with van der Waals surface area (Å²) >= 11 is 8.55. The van der Waals surface area contributed by atoms with Crippen molar-refractivity contribution in [2.75, 3.05) is 13.7 Å². The summed E-state index contributed by atoms with van der Waals surface area (Å²) in [6, 6.07) is 12.5. The molecule has 0 saturated carbocycles. The van der Waals surface area contributed by atoms with Crippen molar-refractivity contribution in [3.63, 3.8) is 0 Å². The van der Waals surface area contributed by atoms with E-state index >= 15 is 0 Å². The summed E-state index contributed by atoms with van der Waals surface area (Å²) in [6.45, 7) is 5.14. The first kappa shape index (κ1) is 16.6. The molecule has 0 fully saturated rings. The summed E-state index contributed by atoms with van der Waals surface area (Å²) in [6.07, 6.45) is 0. The molecule has 0 amide bonds. The van der Waals surface area contributed by atoms with E-state index in [2.05, 4.69) is 66.0 Å². The van der Waals surface area contributed by atoms with Gasteiger partial charge in [-0.25, -0.2) is 0 Å². The van der Waals surface area contributed by atoms with E-state index in [0.29, 0.717) is 10.8 Å². The van der Waals surface area contributed by atoms with Crippen LogP contribution in [0.3, 0.4) is 0 Å². The van der Waals surface area contributed by atoms with E-state index in [1.807, 2.05) is 12.1 Å². The number of benzene rings is 2. The molecule has 0 aromatic heterocycles. The van der Waals surface area contributed by atoms with Gasteiger partial charge in [-0.3, -0.25) is 0 Å².